The van der Waals surface area contributed by atoms with Crippen LogP contribution in [0.5, 0.6) is 0 Å². The van der Waals surface area contributed by atoms with Gasteiger partial charge in [-0.2, -0.15) is 5.10 Å². The normalized spacial score (nSPS) is 19.0. The first-order chi connectivity index (χ1) is 10.8. The molecule has 0 bridgehead atoms. The number of hydrogen-bond acceptors (Lipinski definition) is 5. The number of aromatic nitrogens is 3. The van der Waals surface area contributed by atoms with Gasteiger partial charge in [-0.05, 0) is 30.8 Å². The van der Waals surface area contributed by atoms with E-state index in [9.17, 15) is 0 Å². The molecule has 4 heterocycles. The maximum atomic E-state index is 5.48. The smallest absolute Gasteiger partial charge is 0.177 e. The third-order valence-corrected chi connectivity index (χ3v) is 5.05. The maximum Gasteiger partial charge on any atom is 0.177 e. The second kappa shape index (κ2) is 5.70. The van der Waals surface area contributed by atoms with Crippen molar-refractivity contribution < 1.29 is 4.52 Å². The summed E-state index contributed by atoms with van der Waals surface area (Å²) < 4.78 is 7.35. The van der Waals surface area contributed by atoms with E-state index < -0.39 is 0 Å². The van der Waals surface area contributed by atoms with E-state index in [-0.39, 0.29) is 0 Å². The number of hydrogen-bond donors (Lipinski definition) is 0. The molecular formula is C16H18N4OS. The van der Waals surface area contributed by atoms with Crippen molar-refractivity contribution in [1.82, 2.24) is 19.8 Å². The van der Waals surface area contributed by atoms with Crippen molar-refractivity contribution in [1.29, 1.82) is 0 Å². The quantitative estimate of drug-likeness (QED) is 0.740. The molecule has 3 aromatic heterocycles. The summed E-state index contributed by atoms with van der Waals surface area (Å²) in [6, 6.07) is 6.59. The van der Waals surface area contributed by atoms with Crippen LogP contribution in [0.2, 0.25) is 0 Å². The average Bonchev–Trinajstić information content (AvgIpc) is 3.26. The highest BCUT2D eigenvalue weighted by Crippen LogP contribution is 2.33. The van der Waals surface area contributed by atoms with Crippen molar-refractivity contribution in [3.63, 3.8) is 0 Å². The third-order valence-electron chi connectivity index (χ3n) is 4.16. The van der Waals surface area contributed by atoms with Crippen molar-refractivity contribution in [2.45, 2.75) is 25.4 Å². The first-order valence-electron chi connectivity index (χ1n) is 7.51. The fraction of sp³-hybridized carbons (Fsp3) is 0.375. The van der Waals surface area contributed by atoms with Crippen LogP contribution in [-0.2, 0) is 13.6 Å². The molecule has 22 heavy (non-hydrogen) atoms. The standard InChI is InChI=1S/C16H18N4OS/c1-19-10-12(9-17-19)14-4-2-6-20(14)11-13-8-15(21-18-13)16-5-3-7-22-16/h3,5,7-10,14H,2,4,6,11H2,1H3. The van der Waals surface area contributed by atoms with E-state index in [0.29, 0.717) is 6.04 Å². The van der Waals surface area contributed by atoms with Crippen LogP contribution in [0.4, 0.5) is 0 Å². The highest BCUT2D eigenvalue weighted by atomic mass is 32.1. The lowest BCUT2D eigenvalue weighted by molar-refractivity contribution is 0.240. The van der Waals surface area contributed by atoms with Crippen LogP contribution >= 0.6 is 11.3 Å². The Morgan fingerprint density at radius 3 is 3.18 bits per heavy atom. The molecule has 4 rings (SSSR count). The van der Waals surface area contributed by atoms with Crippen molar-refractivity contribution in [3.05, 3.63) is 47.2 Å². The van der Waals surface area contributed by atoms with Gasteiger partial charge >= 0.3 is 0 Å². The second-order valence-corrected chi connectivity index (χ2v) is 6.68. The van der Waals surface area contributed by atoms with Gasteiger partial charge in [-0.1, -0.05) is 11.2 Å². The van der Waals surface area contributed by atoms with Gasteiger partial charge in [0, 0.05) is 37.5 Å². The molecule has 0 spiro atoms. The third kappa shape index (κ3) is 2.60. The van der Waals surface area contributed by atoms with E-state index in [1.807, 2.05) is 24.0 Å². The highest BCUT2D eigenvalue weighted by Gasteiger charge is 2.27. The van der Waals surface area contributed by atoms with E-state index in [4.69, 9.17) is 4.52 Å². The van der Waals surface area contributed by atoms with Crippen molar-refractivity contribution in [2.24, 2.45) is 7.05 Å². The van der Waals surface area contributed by atoms with Crippen LogP contribution in [0.1, 0.15) is 30.1 Å². The van der Waals surface area contributed by atoms with Crippen LogP contribution in [0.3, 0.4) is 0 Å². The molecule has 3 aromatic rings. The largest absolute Gasteiger partial charge is 0.355 e. The number of thiophene rings is 1. The minimum Gasteiger partial charge on any atom is -0.355 e. The zero-order chi connectivity index (χ0) is 14.9. The first-order valence-corrected chi connectivity index (χ1v) is 8.39. The van der Waals surface area contributed by atoms with E-state index in [1.165, 1.54) is 18.4 Å². The van der Waals surface area contributed by atoms with Crippen molar-refractivity contribution >= 4 is 11.3 Å². The Morgan fingerprint density at radius 2 is 2.41 bits per heavy atom. The number of nitrogens with zero attached hydrogens (tertiary/aromatic N) is 4. The summed E-state index contributed by atoms with van der Waals surface area (Å²) in [6.07, 6.45) is 6.49. The molecule has 1 aliphatic rings. The van der Waals surface area contributed by atoms with Gasteiger partial charge in [-0.25, -0.2) is 0 Å². The minimum atomic E-state index is 0.440. The average molecular weight is 314 g/mol. The molecule has 0 saturated carbocycles. The predicted molar refractivity (Wildman–Crippen MR) is 85.4 cm³/mol. The summed E-state index contributed by atoms with van der Waals surface area (Å²) >= 11 is 1.67. The van der Waals surface area contributed by atoms with Gasteiger partial charge in [0.05, 0.1) is 16.8 Å². The Balaban J connectivity index is 1.50. The molecule has 0 aliphatic carbocycles. The molecule has 0 amide bonds. The van der Waals surface area contributed by atoms with Crippen molar-refractivity contribution in [2.75, 3.05) is 6.54 Å². The van der Waals surface area contributed by atoms with E-state index in [2.05, 4.69) is 38.9 Å². The molecule has 1 saturated heterocycles. The van der Waals surface area contributed by atoms with Crippen LogP contribution in [0.25, 0.3) is 10.6 Å². The van der Waals surface area contributed by atoms with Gasteiger partial charge in [0.2, 0.25) is 0 Å². The molecule has 0 N–H and O–H groups in total. The first kappa shape index (κ1) is 13.7. The Bertz CT molecular complexity index is 746. The van der Waals surface area contributed by atoms with Crippen LogP contribution in [-0.4, -0.2) is 26.4 Å². The Hall–Kier alpha value is -1.92. The summed E-state index contributed by atoms with van der Waals surface area (Å²) in [4.78, 5) is 3.59. The van der Waals surface area contributed by atoms with Gasteiger partial charge in [0.25, 0.3) is 0 Å². The van der Waals surface area contributed by atoms with Crippen LogP contribution in [0.15, 0.2) is 40.5 Å². The molecule has 114 valence electrons. The van der Waals surface area contributed by atoms with Crippen molar-refractivity contribution in [3.8, 4) is 10.6 Å². The fourth-order valence-electron chi connectivity index (χ4n) is 3.13. The van der Waals surface area contributed by atoms with Gasteiger partial charge in [-0.15, -0.1) is 11.3 Å². The summed E-state index contributed by atoms with van der Waals surface area (Å²) in [5.74, 6) is 0.863. The molecule has 1 aliphatic heterocycles. The van der Waals surface area contributed by atoms with E-state index in [0.717, 1.165) is 29.4 Å². The molecule has 6 heteroatoms. The van der Waals surface area contributed by atoms with E-state index in [1.54, 1.807) is 11.3 Å². The molecule has 1 atom stereocenters. The molecular weight excluding hydrogens is 296 g/mol. The van der Waals surface area contributed by atoms with Gasteiger partial charge < -0.3 is 4.52 Å². The second-order valence-electron chi connectivity index (χ2n) is 5.74. The number of rotatable bonds is 4. The van der Waals surface area contributed by atoms with Gasteiger partial charge in [0.15, 0.2) is 5.76 Å². The summed E-state index contributed by atoms with van der Waals surface area (Å²) in [6.45, 7) is 1.93. The molecule has 0 aromatic carbocycles. The lowest BCUT2D eigenvalue weighted by Gasteiger charge is -2.22. The molecule has 0 radical (unpaired) electrons. The maximum absolute atomic E-state index is 5.48. The zero-order valence-electron chi connectivity index (χ0n) is 12.5. The number of aryl methyl sites for hydroxylation is 1. The highest BCUT2D eigenvalue weighted by molar-refractivity contribution is 7.13. The van der Waals surface area contributed by atoms with E-state index >= 15 is 0 Å². The lowest BCUT2D eigenvalue weighted by atomic mass is 10.1. The van der Waals surface area contributed by atoms with Crippen LogP contribution < -0.4 is 0 Å². The molecule has 1 unspecified atom stereocenters. The van der Waals surface area contributed by atoms with Gasteiger partial charge in [-0.3, -0.25) is 9.58 Å². The molecule has 1 fully saturated rings. The predicted octanol–water partition coefficient (Wildman–Crippen LogP) is 3.47. The Labute approximate surface area is 133 Å². The summed E-state index contributed by atoms with van der Waals surface area (Å²) in [5, 5.41) is 10.6. The minimum absolute atomic E-state index is 0.440. The SMILES string of the molecule is Cn1cc(C2CCCN2Cc2cc(-c3cccs3)on2)cn1. The topological polar surface area (TPSA) is 47.1 Å². The fourth-order valence-corrected chi connectivity index (χ4v) is 3.81. The van der Waals surface area contributed by atoms with Gasteiger partial charge in [0.1, 0.15) is 0 Å². The molecule has 5 nitrogen and oxygen atoms in total. The van der Waals surface area contributed by atoms with Crippen LogP contribution in [0, 0.1) is 0 Å². The Kier molecular flexibility index (Phi) is 3.56. The summed E-state index contributed by atoms with van der Waals surface area (Å²) in [7, 11) is 1.97. The monoisotopic (exact) mass is 314 g/mol. The summed E-state index contributed by atoms with van der Waals surface area (Å²) in [5.41, 5.74) is 2.29. The Morgan fingerprint density at radius 1 is 1.45 bits per heavy atom. The zero-order valence-corrected chi connectivity index (χ0v) is 13.3. The lowest BCUT2D eigenvalue weighted by Crippen LogP contribution is -2.22. The number of likely N-dealkylation sites (tertiary alicyclic amines) is 1.